The van der Waals surface area contributed by atoms with Gasteiger partial charge in [-0.05, 0) is 42.3 Å². The SMILES string of the molecule is CC(=O)c1cccc(-c2ccc3ncccc3c2)c1. The minimum atomic E-state index is 0.0873. The van der Waals surface area contributed by atoms with E-state index in [-0.39, 0.29) is 5.78 Å². The van der Waals surface area contributed by atoms with Gasteiger partial charge >= 0.3 is 0 Å². The van der Waals surface area contributed by atoms with Crippen molar-refractivity contribution in [2.24, 2.45) is 0 Å². The third-order valence-corrected chi connectivity index (χ3v) is 3.21. The van der Waals surface area contributed by atoms with Crippen molar-refractivity contribution < 1.29 is 4.79 Å². The van der Waals surface area contributed by atoms with Crippen LogP contribution in [0.15, 0.2) is 60.8 Å². The maximum Gasteiger partial charge on any atom is 0.159 e. The molecular weight excluding hydrogens is 234 g/mol. The molecule has 0 amide bonds. The van der Waals surface area contributed by atoms with Crippen LogP contribution in [0, 0.1) is 0 Å². The molecule has 0 aliphatic carbocycles. The van der Waals surface area contributed by atoms with Crippen molar-refractivity contribution in [1.29, 1.82) is 0 Å². The van der Waals surface area contributed by atoms with E-state index in [1.54, 1.807) is 13.1 Å². The molecule has 1 heterocycles. The Morgan fingerprint density at radius 2 is 1.79 bits per heavy atom. The van der Waals surface area contributed by atoms with Crippen LogP contribution in [0.25, 0.3) is 22.0 Å². The average molecular weight is 247 g/mol. The fraction of sp³-hybridized carbons (Fsp3) is 0.0588. The summed E-state index contributed by atoms with van der Waals surface area (Å²) in [5, 5.41) is 1.10. The largest absolute Gasteiger partial charge is 0.295 e. The number of rotatable bonds is 2. The Morgan fingerprint density at radius 1 is 0.947 bits per heavy atom. The molecule has 0 N–H and O–H groups in total. The molecule has 0 aliphatic rings. The minimum absolute atomic E-state index is 0.0873. The molecule has 0 fully saturated rings. The molecule has 92 valence electrons. The Bertz CT molecular complexity index is 762. The molecule has 3 aromatic rings. The first kappa shape index (κ1) is 11.6. The zero-order chi connectivity index (χ0) is 13.2. The van der Waals surface area contributed by atoms with Gasteiger partial charge in [-0.2, -0.15) is 0 Å². The number of pyridine rings is 1. The number of ketones is 1. The Morgan fingerprint density at radius 3 is 2.63 bits per heavy atom. The number of hydrogen-bond acceptors (Lipinski definition) is 2. The molecule has 0 saturated heterocycles. The van der Waals surface area contributed by atoms with E-state index in [1.165, 1.54) is 0 Å². The monoisotopic (exact) mass is 247 g/mol. The number of Topliss-reactive ketones (excluding diaryl/α,β-unsaturated/α-hetero) is 1. The fourth-order valence-corrected chi connectivity index (χ4v) is 2.17. The number of fused-ring (bicyclic) bond motifs is 1. The van der Waals surface area contributed by atoms with Gasteiger partial charge in [0, 0.05) is 17.1 Å². The molecule has 0 radical (unpaired) electrons. The zero-order valence-electron chi connectivity index (χ0n) is 10.6. The van der Waals surface area contributed by atoms with Crippen molar-refractivity contribution in [3.63, 3.8) is 0 Å². The van der Waals surface area contributed by atoms with Gasteiger partial charge in [0.05, 0.1) is 5.52 Å². The van der Waals surface area contributed by atoms with Gasteiger partial charge in [0.15, 0.2) is 5.78 Å². The Kier molecular flexibility index (Phi) is 2.84. The lowest BCUT2D eigenvalue weighted by Gasteiger charge is -2.05. The lowest BCUT2D eigenvalue weighted by atomic mass is 10.0. The lowest BCUT2D eigenvalue weighted by molar-refractivity contribution is 0.101. The van der Waals surface area contributed by atoms with Gasteiger partial charge in [-0.25, -0.2) is 0 Å². The van der Waals surface area contributed by atoms with Crippen LogP contribution in [-0.2, 0) is 0 Å². The van der Waals surface area contributed by atoms with Crippen LogP contribution >= 0.6 is 0 Å². The van der Waals surface area contributed by atoms with Crippen LogP contribution in [0.1, 0.15) is 17.3 Å². The van der Waals surface area contributed by atoms with Crippen molar-refractivity contribution in [3.8, 4) is 11.1 Å². The lowest BCUT2D eigenvalue weighted by Crippen LogP contribution is -1.91. The van der Waals surface area contributed by atoms with Gasteiger partial charge in [0.25, 0.3) is 0 Å². The molecule has 0 aliphatic heterocycles. The van der Waals surface area contributed by atoms with Crippen LogP contribution in [0.5, 0.6) is 0 Å². The number of aromatic nitrogens is 1. The van der Waals surface area contributed by atoms with Gasteiger partial charge in [-0.1, -0.05) is 30.3 Å². The van der Waals surface area contributed by atoms with E-state index in [9.17, 15) is 4.79 Å². The number of carbonyl (C=O) groups is 1. The number of carbonyl (C=O) groups excluding carboxylic acids is 1. The highest BCUT2D eigenvalue weighted by Crippen LogP contribution is 2.24. The van der Waals surface area contributed by atoms with Crippen LogP contribution in [-0.4, -0.2) is 10.8 Å². The highest BCUT2D eigenvalue weighted by molar-refractivity contribution is 5.95. The van der Waals surface area contributed by atoms with Crippen molar-refractivity contribution >= 4 is 16.7 Å². The van der Waals surface area contributed by atoms with Crippen molar-refractivity contribution in [3.05, 3.63) is 66.4 Å². The molecule has 2 aromatic carbocycles. The Labute approximate surface area is 111 Å². The van der Waals surface area contributed by atoms with Crippen molar-refractivity contribution in [2.75, 3.05) is 0 Å². The van der Waals surface area contributed by atoms with E-state index in [1.807, 2.05) is 48.5 Å². The quantitative estimate of drug-likeness (QED) is 0.638. The van der Waals surface area contributed by atoms with Crippen LogP contribution in [0.3, 0.4) is 0 Å². The third-order valence-electron chi connectivity index (χ3n) is 3.21. The number of nitrogens with zero attached hydrogens (tertiary/aromatic N) is 1. The fourth-order valence-electron chi connectivity index (χ4n) is 2.17. The van der Waals surface area contributed by atoms with Crippen LogP contribution in [0.4, 0.5) is 0 Å². The second-order valence-electron chi connectivity index (χ2n) is 4.55. The summed E-state index contributed by atoms with van der Waals surface area (Å²) in [6, 6.07) is 17.8. The van der Waals surface area contributed by atoms with Crippen molar-refractivity contribution in [2.45, 2.75) is 6.92 Å². The van der Waals surface area contributed by atoms with E-state index in [0.29, 0.717) is 0 Å². The summed E-state index contributed by atoms with van der Waals surface area (Å²) in [6.07, 6.45) is 1.79. The highest BCUT2D eigenvalue weighted by atomic mass is 16.1. The minimum Gasteiger partial charge on any atom is -0.295 e. The molecule has 2 nitrogen and oxygen atoms in total. The molecule has 1 aromatic heterocycles. The normalized spacial score (nSPS) is 10.6. The molecule has 0 unspecified atom stereocenters. The topological polar surface area (TPSA) is 30.0 Å². The predicted octanol–water partition coefficient (Wildman–Crippen LogP) is 4.10. The molecular formula is C17H13NO. The molecule has 19 heavy (non-hydrogen) atoms. The van der Waals surface area contributed by atoms with Crippen molar-refractivity contribution in [1.82, 2.24) is 4.98 Å². The highest BCUT2D eigenvalue weighted by Gasteiger charge is 2.03. The summed E-state index contributed by atoms with van der Waals surface area (Å²) in [7, 11) is 0. The van der Waals surface area contributed by atoms with E-state index in [4.69, 9.17) is 0 Å². The Balaban J connectivity index is 2.13. The summed E-state index contributed by atoms with van der Waals surface area (Å²) in [6.45, 7) is 1.59. The second kappa shape index (κ2) is 4.65. The van der Waals surface area contributed by atoms with Crippen LogP contribution < -0.4 is 0 Å². The summed E-state index contributed by atoms with van der Waals surface area (Å²) in [5.41, 5.74) is 3.87. The van der Waals surface area contributed by atoms with E-state index in [0.717, 1.165) is 27.6 Å². The maximum atomic E-state index is 11.4. The van der Waals surface area contributed by atoms with E-state index in [2.05, 4.69) is 11.1 Å². The smallest absolute Gasteiger partial charge is 0.159 e. The predicted molar refractivity (Wildman–Crippen MR) is 77.2 cm³/mol. The van der Waals surface area contributed by atoms with Gasteiger partial charge in [0.1, 0.15) is 0 Å². The van der Waals surface area contributed by atoms with E-state index >= 15 is 0 Å². The zero-order valence-corrected chi connectivity index (χ0v) is 10.6. The number of hydrogen-bond donors (Lipinski definition) is 0. The number of benzene rings is 2. The second-order valence-corrected chi connectivity index (χ2v) is 4.55. The Hall–Kier alpha value is -2.48. The summed E-state index contributed by atoms with van der Waals surface area (Å²) in [4.78, 5) is 15.7. The van der Waals surface area contributed by atoms with E-state index < -0.39 is 0 Å². The third kappa shape index (κ3) is 2.25. The summed E-state index contributed by atoms with van der Waals surface area (Å²) >= 11 is 0. The van der Waals surface area contributed by atoms with Gasteiger partial charge < -0.3 is 0 Å². The van der Waals surface area contributed by atoms with Gasteiger partial charge in [0.2, 0.25) is 0 Å². The first-order chi connectivity index (χ1) is 9.24. The molecule has 0 spiro atoms. The molecule has 2 heteroatoms. The standard InChI is InChI=1S/C17H13NO/c1-12(19)13-4-2-5-14(10-13)15-7-8-17-16(11-15)6-3-9-18-17/h2-11H,1H3. The summed E-state index contributed by atoms with van der Waals surface area (Å²) in [5.74, 6) is 0.0873. The van der Waals surface area contributed by atoms with Gasteiger partial charge in [-0.15, -0.1) is 0 Å². The van der Waals surface area contributed by atoms with Crippen LogP contribution in [0.2, 0.25) is 0 Å². The maximum absolute atomic E-state index is 11.4. The first-order valence-corrected chi connectivity index (χ1v) is 6.20. The molecule has 0 atom stereocenters. The average Bonchev–Trinajstić information content (AvgIpc) is 2.47. The first-order valence-electron chi connectivity index (χ1n) is 6.20. The molecule has 0 saturated carbocycles. The van der Waals surface area contributed by atoms with Gasteiger partial charge in [-0.3, -0.25) is 9.78 Å². The molecule has 0 bridgehead atoms. The molecule has 3 rings (SSSR count). The summed E-state index contributed by atoms with van der Waals surface area (Å²) < 4.78 is 0.